The predicted octanol–water partition coefficient (Wildman–Crippen LogP) is 5.96. The molecule has 1 aromatic heterocycles. The number of rotatable bonds is 4. The minimum absolute atomic E-state index is 0.148. The Morgan fingerprint density at radius 2 is 1.65 bits per heavy atom. The lowest BCUT2D eigenvalue weighted by Gasteiger charge is -2.33. The number of aryl methyl sites for hydroxylation is 1. The van der Waals surface area contributed by atoms with Gasteiger partial charge in [-0.1, -0.05) is 32.9 Å². The van der Waals surface area contributed by atoms with Crippen LogP contribution in [0.5, 0.6) is 0 Å². The van der Waals surface area contributed by atoms with E-state index in [1.54, 1.807) is 4.68 Å². The maximum atomic E-state index is 12.8. The van der Waals surface area contributed by atoms with Crippen LogP contribution in [0.25, 0.3) is 11.3 Å². The molecule has 1 unspecified atom stereocenters. The number of hydrogen-bond acceptors (Lipinski definition) is 2. The van der Waals surface area contributed by atoms with Crippen molar-refractivity contribution < 1.29 is 17.6 Å². The van der Waals surface area contributed by atoms with E-state index in [1.165, 1.54) is 12.1 Å². The van der Waals surface area contributed by atoms with Crippen LogP contribution in [0.15, 0.2) is 28.7 Å². The Labute approximate surface area is 162 Å². The van der Waals surface area contributed by atoms with Crippen LogP contribution in [0.3, 0.4) is 0 Å². The van der Waals surface area contributed by atoms with Crippen molar-refractivity contribution in [2.75, 3.05) is 0 Å². The summed E-state index contributed by atoms with van der Waals surface area (Å²) in [4.78, 5) is 0. The van der Waals surface area contributed by atoms with E-state index in [1.807, 2.05) is 7.05 Å². The highest BCUT2D eigenvalue weighted by molar-refractivity contribution is 9.10. The molecule has 2 aromatic rings. The standard InChI is InChI=1S/C18H24BrF3N2OSi/c1-17(2,3)16(25-26(5)6)15-13(19)14(23-24(15)4)11-7-9-12(10-8-11)18(20,21)22/h7-10,16,26H,1-6H3. The molecule has 0 saturated heterocycles. The van der Waals surface area contributed by atoms with Gasteiger partial charge in [0.15, 0.2) is 9.04 Å². The predicted molar refractivity (Wildman–Crippen MR) is 104 cm³/mol. The second kappa shape index (κ2) is 7.48. The van der Waals surface area contributed by atoms with Crippen molar-refractivity contribution in [2.45, 2.75) is 46.1 Å². The van der Waals surface area contributed by atoms with Gasteiger partial charge in [-0.15, -0.1) is 0 Å². The molecule has 2 rings (SSSR count). The summed E-state index contributed by atoms with van der Waals surface area (Å²) in [5.74, 6) is 0. The molecular weight excluding hydrogens is 425 g/mol. The van der Waals surface area contributed by atoms with Crippen molar-refractivity contribution in [1.29, 1.82) is 0 Å². The van der Waals surface area contributed by atoms with Crippen LogP contribution in [0, 0.1) is 5.41 Å². The number of benzene rings is 1. The van der Waals surface area contributed by atoms with Crippen LogP contribution >= 0.6 is 15.9 Å². The third-order valence-electron chi connectivity index (χ3n) is 3.96. The van der Waals surface area contributed by atoms with Crippen LogP contribution in [0.2, 0.25) is 13.1 Å². The average molecular weight is 449 g/mol. The third kappa shape index (κ3) is 4.58. The van der Waals surface area contributed by atoms with Gasteiger partial charge < -0.3 is 4.43 Å². The van der Waals surface area contributed by atoms with E-state index >= 15 is 0 Å². The molecule has 1 atom stereocenters. The average Bonchev–Trinajstić information content (AvgIpc) is 2.78. The summed E-state index contributed by atoms with van der Waals surface area (Å²) in [6.07, 6.45) is -4.51. The van der Waals surface area contributed by atoms with E-state index in [9.17, 15) is 13.2 Å². The molecule has 0 bridgehead atoms. The summed E-state index contributed by atoms with van der Waals surface area (Å²) in [6.45, 7) is 10.5. The van der Waals surface area contributed by atoms with Crippen LogP contribution in [-0.2, 0) is 17.6 Å². The van der Waals surface area contributed by atoms with Crippen molar-refractivity contribution in [3.63, 3.8) is 0 Å². The Hall–Kier alpha value is -1.12. The number of hydrogen-bond donors (Lipinski definition) is 0. The lowest BCUT2D eigenvalue weighted by molar-refractivity contribution is -0.137. The highest BCUT2D eigenvalue weighted by atomic mass is 79.9. The molecule has 26 heavy (non-hydrogen) atoms. The van der Waals surface area contributed by atoms with Gasteiger partial charge in [-0.25, -0.2) is 0 Å². The first-order valence-corrected chi connectivity index (χ1v) is 11.9. The summed E-state index contributed by atoms with van der Waals surface area (Å²) in [5, 5.41) is 4.54. The summed E-state index contributed by atoms with van der Waals surface area (Å²) in [5.41, 5.74) is 1.31. The van der Waals surface area contributed by atoms with Crippen molar-refractivity contribution in [3.05, 3.63) is 40.0 Å². The number of alkyl halides is 3. The van der Waals surface area contributed by atoms with Gasteiger partial charge in [-0.2, -0.15) is 18.3 Å². The number of nitrogens with zero attached hydrogens (tertiary/aromatic N) is 2. The Balaban J connectivity index is 2.50. The van der Waals surface area contributed by atoms with Gasteiger partial charge in [0.25, 0.3) is 0 Å². The number of aromatic nitrogens is 2. The molecule has 144 valence electrons. The first-order chi connectivity index (χ1) is 11.8. The smallest absolute Gasteiger partial charge is 0.412 e. The fourth-order valence-corrected chi connectivity index (χ4v) is 4.60. The van der Waals surface area contributed by atoms with E-state index in [2.05, 4.69) is 54.9 Å². The molecule has 0 N–H and O–H groups in total. The van der Waals surface area contributed by atoms with Gasteiger partial charge in [0.05, 0.1) is 21.8 Å². The molecular formula is C18H24BrF3N2OSi. The summed E-state index contributed by atoms with van der Waals surface area (Å²) in [7, 11) is 0.514. The molecule has 0 aliphatic rings. The Bertz CT molecular complexity index is 764. The van der Waals surface area contributed by atoms with Gasteiger partial charge in [-0.05, 0) is 46.6 Å². The number of halogens is 4. The van der Waals surface area contributed by atoms with Crippen molar-refractivity contribution in [3.8, 4) is 11.3 Å². The zero-order valence-corrected chi connectivity index (χ0v) is 18.5. The molecule has 0 aliphatic carbocycles. The third-order valence-corrected chi connectivity index (χ3v) is 5.56. The van der Waals surface area contributed by atoms with Gasteiger partial charge in [-0.3, -0.25) is 4.68 Å². The van der Waals surface area contributed by atoms with E-state index in [0.29, 0.717) is 11.3 Å². The van der Waals surface area contributed by atoms with E-state index in [-0.39, 0.29) is 11.5 Å². The highest BCUT2D eigenvalue weighted by Gasteiger charge is 2.34. The van der Waals surface area contributed by atoms with E-state index in [0.717, 1.165) is 22.3 Å². The Kier molecular flexibility index (Phi) is 6.09. The van der Waals surface area contributed by atoms with Crippen molar-refractivity contribution in [2.24, 2.45) is 12.5 Å². The van der Waals surface area contributed by atoms with E-state index < -0.39 is 20.8 Å². The molecule has 0 spiro atoms. The largest absolute Gasteiger partial charge is 0.416 e. The molecule has 0 aliphatic heterocycles. The van der Waals surface area contributed by atoms with Crippen LogP contribution in [0.1, 0.15) is 38.1 Å². The second-order valence-corrected chi connectivity index (χ2v) is 10.8. The van der Waals surface area contributed by atoms with Crippen molar-refractivity contribution >= 4 is 25.0 Å². The normalized spacial score (nSPS) is 14.1. The summed E-state index contributed by atoms with van der Waals surface area (Å²) in [6, 6.07) is 5.05. The Morgan fingerprint density at radius 3 is 2.08 bits per heavy atom. The minimum atomic E-state index is -4.35. The molecule has 3 nitrogen and oxygen atoms in total. The molecule has 1 heterocycles. The lowest BCUT2D eigenvalue weighted by Crippen LogP contribution is -2.28. The molecule has 0 fully saturated rings. The topological polar surface area (TPSA) is 27.1 Å². The maximum Gasteiger partial charge on any atom is 0.416 e. The zero-order valence-electron chi connectivity index (χ0n) is 15.8. The fraction of sp³-hybridized carbons (Fsp3) is 0.500. The van der Waals surface area contributed by atoms with Gasteiger partial charge >= 0.3 is 6.18 Å². The van der Waals surface area contributed by atoms with E-state index in [4.69, 9.17) is 4.43 Å². The molecule has 1 aromatic carbocycles. The maximum absolute atomic E-state index is 12.8. The lowest BCUT2D eigenvalue weighted by atomic mass is 9.87. The first kappa shape index (κ1) is 21.2. The molecule has 0 saturated carbocycles. The van der Waals surface area contributed by atoms with Crippen molar-refractivity contribution in [1.82, 2.24) is 9.78 Å². The monoisotopic (exact) mass is 448 g/mol. The second-order valence-electron chi connectivity index (χ2n) is 7.68. The van der Waals surface area contributed by atoms with Crippen LogP contribution in [-0.4, -0.2) is 18.8 Å². The molecule has 0 radical (unpaired) electrons. The Morgan fingerprint density at radius 1 is 1.12 bits per heavy atom. The summed E-state index contributed by atoms with van der Waals surface area (Å²) < 4.78 is 47.1. The highest BCUT2D eigenvalue weighted by Crippen LogP contribution is 2.43. The molecule has 8 heteroatoms. The SMILES string of the molecule is Cn1nc(-c2ccc(C(F)(F)F)cc2)c(Br)c1C(O[SiH](C)C)C(C)(C)C. The molecule has 0 amide bonds. The van der Waals surface area contributed by atoms with Gasteiger partial charge in [0.2, 0.25) is 0 Å². The van der Waals surface area contributed by atoms with Gasteiger partial charge in [0.1, 0.15) is 5.69 Å². The minimum Gasteiger partial charge on any atom is -0.412 e. The fourth-order valence-electron chi connectivity index (χ4n) is 2.75. The zero-order chi connectivity index (χ0) is 19.9. The van der Waals surface area contributed by atoms with Crippen LogP contribution < -0.4 is 0 Å². The van der Waals surface area contributed by atoms with Crippen LogP contribution in [0.4, 0.5) is 13.2 Å². The quantitative estimate of drug-likeness (QED) is 0.539. The summed E-state index contributed by atoms with van der Waals surface area (Å²) >= 11 is 3.61. The van der Waals surface area contributed by atoms with Gasteiger partial charge in [0, 0.05) is 12.6 Å². The first-order valence-electron chi connectivity index (χ1n) is 8.38.